The van der Waals surface area contributed by atoms with Crippen molar-refractivity contribution in [3.05, 3.63) is 24.2 Å². The van der Waals surface area contributed by atoms with Gasteiger partial charge in [-0.3, -0.25) is 24.2 Å². The van der Waals surface area contributed by atoms with E-state index in [0.29, 0.717) is 6.54 Å². The summed E-state index contributed by atoms with van der Waals surface area (Å²) in [5, 5.41) is 2.73. The van der Waals surface area contributed by atoms with Gasteiger partial charge in [-0.2, -0.15) is 0 Å². The Hall–Kier alpha value is -2.15. The molecule has 0 bridgehead atoms. The highest BCUT2D eigenvalue weighted by Crippen LogP contribution is 2.17. The Kier molecular flexibility index (Phi) is 4.74. The van der Waals surface area contributed by atoms with Crippen molar-refractivity contribution >= 4 is 17.7 Å². The first-order chi connectivity index (χ1) is 9.99. The van der Waals surface area contributed by atoms with E-state index in [-0.39, 0.29) is 43.1 Å². The average molecular weight is 293 g/mol. The number of likely N-dealkylation sites (N-methyl/N-ethyl adjacent to an activating group) is 1. The number of rotatable bonds is 6. The molecular formula is C14H19N3O4. The van der Waals surface area contributed by atoms with Crippen LogP contribution in [0.4, 0.5) is 0 Å². The molecule has 1 aliphatic heterocycles. The van der Waals surface area contributed by atoms with Crippen LogP contribution in [0.1, 0.15) is 24.6 Å². The molecule has 1 atom stereocenters. The Labute approximate surface area is 122 Å². The zero-order valence-electron chi connectivity index (χ0n) is 12.2. The molecule has 0 aromatic carbocycles. The van der Waals surface area contributed by atoms with E-state index in [1.807, 2.05) is 25.1 Å². The van der Waals surface area contributed by atoms with Crippen LogP contribution in [0, 0.1) is 0 Å². The molecule has 3 amide bonds. The lowest BCUT2D eigenvalue weighted by Crippen LogP contribution is -2.42. The predicted octanol–water partition coefficient (Wildman–Crippen LogP) is 0.148. The maximum absolute atomic E-state index is 11.9. The normalized spacial score (nSPS) is 16.6. The van der Waals surface area contributed by atoms with Gasteiger partial charge in [-0.1, -0.05) is 0 Å². The standard InChI is InChI=1S/C14H19N3O4/c1-16(2)10(11-4-3-7-21-11)8-15-12(18)9-17-13(19)5-6-14(17)20/h3-4,7,10H,5-6,8-9H2,1-2H3,(H,15,18). The highest BCUT2D eigenvalue weighted by atomic mass is 16.3. The number of carbonyl (C=O) groups is 3. The van der Waals surface area contributed by atoms with Crippen LogP contribution in [0.15, 0.2) is 22.8 Å². The van der Waals surface area contributed by atoms with Gasteiger partial charge >= 0.3 is 0 Å². The van der Waals surface area contributed by atoms with E-state index in [1.165, 1.54) is 0 Å². The van der Waals surface area contributed by atoms with Crippen molar-refractivity contribution < 1.29 is 18.8 Å². The van der Waals surface area contributed by atoms with E-state index in [1.54, 1.807) is 12.3 Å². The second-order valence-electron chi connectivity index (χ2n) is 5.17. The zero-order valence-corrected chi connectivity index (χ0v) is 12.2. The molecule has 1 N–H and O–H groups in total. The van der Waals surface area contributed by atoms with Crippen LogP contribution < -0.4 is 5.32 Å². The molecule has 114 valence electrons. The van der Waals surface area contributed by atoms with Crippen LogP contribution in [-0.2, 0) is 14.4 Å². The third-order valence-electron chi connectivity index (χ3n) is 3.44. The summed E-state index contributed by atoms with van der Waals surface area (Å²) in [6.07, 6.45) is 1.97. The third-order valence-corrected chi connectivity index (χ3v) is 3.44. The molecule has 1 aliphatic rings. The molecule has 2 heterocycles. The van der Waals surface area contributed by atoms with Crippen molar-refractivity contribution in [2.45, 2.75) is 18.9 Å². The molecule has 1 saturated heterocycles. The first-order valence-corrected chi connectivity index (χ1v) is 6.78. The van der Waals surface area contributed by atoms with Crippen LogP contribution >= 0.6 is 0 Å². The van der Waals surface area contributed by atoms with Gasteiger partial charge < -0.3 is 9.73 Å². The van der Waals surface area contributed by atoms with Gasteiger partial charge in [0.1, 0.15) is 12.3 Å². The minimum atomic E-state index is -0.350. The summed E-state index contributed by atoms with van der Waals surface area (Å²) >= 11 is 0. The monoisotopic (exact) mass is 293 g/mol. The number of carbonyl (C=O) groups excluding carboxylic acids is 3. The van der Waals surface area contributed by atoms with E-state index >= 15 is 0 Å². The molecule has 1 unspecified atom stereocenters. The number of imide groups is 1. The van der Waals surface area contributed by atoms with Crippen LogP contribution in [-0.4, -0.2) is 54.7 Å². The molecule has 1 aromatic rings. The van der Waals surface area contributed by atoms with Crippen LogP contribution in [0.25, 0.3) is 0 Å². The molecule has 2 rings (SSSR count). The van der Waals surface area contributed by atoms with Crippen LogP contribution in [0.2, 0.25) is 0 Å². The van der Waals surface area contributed by atoms with E-state index in [9.17, 15) is 14.4 Å². The van der Waals surface area contributed by atoms with Gasteiger partial charge in [-0.15, -0.1) is 0 Å². The predicted molar refractivity (Wildman–Crippen MR) is 74.1 cm³/mol. The fraction of sp³-hybridized carbons (Fsp3) is 0.500. The van der Waals surface area contributed by atoms with Crippen molar-refractivity contribution in [2.75, 3.05) is 27.2 Å². The highest BCUT2D eigenvalue weighted by molar-refractivity contribution is 6.04. The number of hydrogen-bond donors (Lipinski definition) is 1. The minimum Gasteiger partial charge on any atom is -0.468 e. The first-order valence-electron chi connectivity index (χ1n) is 6.78. The molecule has 0 saturated carbocycles. The molecule has 7 nitrogen and oxygen atoms in total. The summed E-state index contributed by atoms with van der Waals surface area (Å²) in [6, 6.07) is 3.52. The fourth-order valence-electron chi connectivity index (χ4n) is 2.23. The number of amides is 3. The van der Waals surface area contributed by atoms with Gasteiger partial charge in [-0.05, 0) is 26.2 Å². The summed E-state index contributed by atoms with van der Waals surface area (Å²) in [6.45, 7) is 0.130. The van der Waals surface area contributed by atoms with Gasteiger partial charge in [0.25, 0.3) is 0 Å². The van der Waals surface area contributed by atoms with Crippen molar-refractivity contribution in [3.63, 3.8) is 0 Å². The first kappa shape index (κ1) is 15.2. The summed E-state index contributed by atoms with van der Waals surface area (Å²) in [4.78, 5) is 37.7. The van der Waals surface area contributed by atoms with Gasteiger partial charge in [-0.25, -0.2) is 0 Å². The van der Waals surface area contributed by atoms with Gasteiger partial charge in [0, 0.05) is 19.4 Å². The zero-order chi connectivity index (χ0) is 15.4. The fourth-order valence-corrected chi connectivity index (χ4v) is 2.23. The highest BCUT2D eigenvalue weighted by Gasteiger charge is 2.30. The molecule has 21 heavy (non-hydrogen) atoms. The van der Waals surface area contributed by atoms with Crippen LogP contribution in [0.3, 0.4) is 0 Å². The Bertz CT molecular complexity index is 508. The number of nitrogens with one attached hydrogen (secondary N) is 1. The number of furan rings is 1. The second kappa shape index (κ2) is 6.53. The van der Waals surface area contributed by atoms with Gasteiger partial charge in [0.05, 0.1) is 12.3 Å². The average Bonchev–Trinajstić information content (AvgIpc) is 3.04. The maximum Gasteiger partial charge on any atom is 0.240 e. The summed E-state index contributed by atoms with van der Waals surface area (Å²) in [5.74, 6) is -0.179. The van der Waals surface area contributed by atoms with Crippen molar-refractivity contribution in [1.29, 1.82) is 0 Å². The Morgan fingerprint density at radius 3 is 2.57 bits per heavy atom. The third kappa shape index (κ3) is 3.69. The lowest BCUT2D eigenvalue weighted by Gasteiger charge is -2.23. The van der Waals surface area contributed by atoms with Gasteiger partial charge in [0.2, 0.25) is 17.7 Å². The Morgan fingerprint density at radius 2 is 2.05 bits per heavy atom. The second-order valence-corrected chi connectivity index (χ2v) is 5.17. The summed E-state index contributed by atoms with van der Waals surface area (Å²) in [5.41, 5.74) is 0. The molecule has 0 aliphatic carbocycles. The van der Waals surface area contributed by atoms with Crippen molar-refractivity contribution in [3.8, 4) is 0 Å². The SMILES string of the molecule is CN(C)C(CNC(=O)CN1C(=O)CCC1=O)c1ccco1. The van der Waals surface area contributed by atoms with E-state index in [0.717, 1.165) is 10.7 Å². The topological polar surface area (TPSA) is 82.9 Å². The number of likely N-dealkylation sites (tertiary alicyclic amines) is 1. The van der Waals surface area contributed by atoms with E-state index in [2.05, 4.69) is 5.32 Å². The van der Waals surface area contributed by atoms with E-state index in [4.69, 9.17) is 4.42 Å². The summed E-state index contributed by atoms with van der Waals surface area (Å²) in [7, 11) is 3.76. The summed E-state index contributed by atoms with van der Waals surface area (Å²) < 4.78 is 5.35. The van der Waals surface area contributed by atoms with Crippen molar-refractivity contribution in [1.82, 2.24) is 15.1 Å². The molecule has 1 aromatic heterocycles. The Morgan fingerprint density at radius 1 is 1.38 bits per heavy atom. The van der Waals surface area contributed by atoms with Crippen molar-refractivity contribution in [2.24, 2.45) is 0 Å². The maximum atomic E-state index is 11.9. The lowest BCUT2D eigenvalue weighted by atomic mass is 10.2. The number of hydrogen-bond acceptors (Lipinski definition) is 5. The van der Waals surface area contributed by atoms with Gasteiger partial charge in [0.15, 0.2) is 0 Å². The molecule has 7 heteroatoms. The van der Waals surface area contributed by atoms with E-state index < -0.39 is 0 Å². The Balaban J connectivity index is 1.88. The molecule has 0 radical (unpaired) electrons. The quantitative estimate of drug-likeness (QED) is 0.755. The minimum absolute atomic E-state index is 0.103. The smallest absolute Gasteiger partial charge is 0.240 e. The molecular weight excluding hydrogens is 274 g/mol. The molecule has 1 fully saturated rings. The molecule has 0 spiro atoms. The largest absolute Gasteiger partial charge is 0.468 e. The van der Waals surface area contributed by atoms with Crippen LogP contribution in [0.5, 0.6) is 0 Å². The number of nitrogens with zero attached hydrogens (tertiary/aromatic N) is 2. The lowest BCUT2D eigenvalue weighted by molar-refractivity contribution is -0.142.